The molecule has 6 nitrogen and oxygen atoms in total. The van der Waals surface area contributed by atoms with E-state index in [0.29, 0.717) is 13.2 Å². The number of aliphatic imine (C=N–C) groups is 1. The normalized spacial score (nSPS) is 10.6. The second-order valence-electron chi connectivity index (χ2n) is 5.02. The molecule has 2 N–H and O–H groups in total. The van der Waals surface area contributed by atoms with Crippen LogP contribution >= 0.6 is 24.0 Å². The Morgan fingerprint density at radius 2 is 1.88 bits per heavy atom. The SMILES string of the molecule is CN=C(NCCOc1cccc(OC)c1)NCCc1ccccn1.I. The van der Waals surface area contributed by atoms with E-state index in [2.05, 4.69) is 20.6 Å². The molecule has 2 rings (SSSR count). The number of ether oxygens (including phenoxy) is 2. The van der Waals surface area contributed by atoms with E-state index in [1.165, 1.54) is 0 Å². The number of pyridine rings is 1. The summed E-state index contributed by atoms with van der Waals surface area (Å²) in [5.41, 5.74) is 1.06. The molecule has 0 atom stereocenters. The van der Waals surface area contributed by atoms with Gasteiger partial charge in [0.05, 0.1) is 13.7 Å². The minimum absolute atomic E-state index is 0. The van der Waals surface area contributed by atoms with Gasteiger partial charge in [-0.3, -0.25) is 9.98 Å². The van der Waals surface area contributed by atoms with E-state index in [1.807, 2.05) is 42.5 Å². The lowest BCUT2D eigenvalue weighted by Crippen LogP contribution is -2.40. The van der Waals surface area contributed by atoms with Crippen molar-refractivity contribution in [3.8, 4) is 11.5 Å². The summed E-state index contributed by atoms with van der Waals surface area (Å²) in [6, 6.07) is 13.5. The first-order valence-corrected chi connectivity index (χ1v) is 7.93. The average Bonchev–Trinajstić information content (AvgIpc) is 2.64. The molecule has 2 aromatic rings. The van der Waals surface area contributed by atoms with Crippen LogP contribution in [-0.2, 0) is 6.42 Å². The van der Waals surface area contributed by atoms with Crippen molar-refractivity contribution in [2.24, 2.45) is 4.99 Å². The molecular formula is C18H25IN4O2. The molecule has 7 heteroatoms. The van der Waals surface area contributed by atoms with Crippen LogP contribution in [0.15, 0.2) is 53.7 Å². The van der Waals surface area contributed by atoms with Crippen molar-refractivity contribution < 1.29 is 9.47 Å². The van der Waals surface area contributed by atoms with E-state index in [9.17, 15) is 0 Å². The Bertz CT molecular complexity index is 638. The van der Waals surface area contributed by atoms with Gasteiger partial charge in [0, 0.05) is 38.0 Å². The molecule has 0 spiro atoms. The molecule has 136 valence electrons. The Morgan fingerprint density at radius 3 is 2.60 bits per heavy atom. The van der Waals surface area contributed by atoms with E-state index in [4.69, 9.17) is 9.47 Å². The van der Waals surface area contributed by atoms with E-state index in [0.717, 1.165) is 36.1 Å². The van der Waals surface area contributed by atoms with Gasteiger partial charge in [-0.25, -0.2) is 0 Å². The van der Waals surface area contributed by atoms with Gasteiger partial charge in [-0.15, -0.1) is 24.0 Å². The first-order chi connectivity index (χ1) is 11.8. The summed E-state index contributed by atoms with van der Waals surface area (Å²) in [7, 11) is 3.39. The largest absolute Gasteiger partial charge is 0.497 e. The predicted molar refractivity (Wildman–Crippen MR) is 111 cm³/mol. The zero-order valence-corrected chi connectivity index (χ0v) is 16.9. The highest BCUT2D eigenvalue weighted by Crippen LogP contribution is 2.18. The third-order valence-corrected chi connectivity index (χ3v) is 3.33. The number of hydrogen-bond donors (Lipinski definition) is 2. The van der Waals surface area contributed by atoms with Gasteiger partial charge in [-0.1, -0.05) is 12.1 Å². The number of methoxy groups -OCH3 is 1. The van der Waals surface area contributed by atoms with Crippen LogP contribution in [0.3, 0.4) is 0 Å². The molecule has 1 heterocycles. The van der Waals surface area contributed by atoms with Crippen molar-refractivity contribution in [2.75, 3.05) is 33.9 Å². The molecular weight excluding hydrogens is 431 g/mol. The number of benzene rings is 1. The summed E-state index contributed by atoms with van der Waals surface area (Å²) < 4.78 is 10.8. The topological polar surface area (TPSA) is 67.8 Å². The molecule has 0 amide bonds. The van der Waals surface area contributed by atoms with Crippen LogP contribution in [0.25, 0.3) is 0 Å². The highest BCUT2D eigenvalue weighted by atomic mass is 127. The predicted octanol–water partition coefficient (Wildman–Crippen LogP) is 2.49. The van der Waals surface area contributed by atoms with Gasteiger partial charge < -0.3 is 20.1 Å². The maximum absolute atomic E-state index is 5.68. The Hall–Kier alpha value is -2.03. The van der Waals surface area contributed by atoms with Crippen molar-refractivity contribution in [3.05, 3.63) is 54.4 Å². The fraction of sp³-hybridized carbons (Fsp3) is 0.333. The number of hydrogen-bond acceptors (Lipinski definition) is 4. The van der Waals surface area contributed by atoms with Gasteiger partial charge in [-0.2, -0.15) is 0 Å². The second kappa shape index (κ2) is 12.3. The monoisotopic (exact) mass is 456 g/mol. The van der Waals surface area contributed by atoms with Gasteiger partial charge >= 0.3 is 0 Å². The van der Waals surface area contributed by atoms with Crippen molar-refractivity contribution in [2.45, 2.75) is 6.42 Å². The summed E-state index contributed by atoms with van der Waals surface area (Å²) >= 11 is 0. The Balaban J connectivity index is 0.00000312. The number of nitrogens with zero attached hydrogens (tertiary/aromatic N) is 2. The molecule has 1 aromatic heterocycles. The van der Waals surface area contributed by atoms with Crippen LogP contribution in [0.5, 0.6) is 11.5 Å². The van der Waals surface area contributed by atoms with E-state index in [1.54, 1.807) is 20.4 Å². The van der Waals surface area contributed by atoms with Gasteiger partial charge in [0.15, 0.2) is 5.96 Å². The summed E-state index contributed by atoms with van der Waals surface area (Å²) in [6.45, 7) is 1.96. The molecule has 0 unspecified atom stereocenters. The number of rotatable bonds is 8. The highest BCUT2D eigenvalue weighted by Gasteiger charge is 2.00. The van der Waals surface area contributed by atoms with E-state index >= 15 is 0 Å². The lowest BCUT2D eigenvalue weighted by Gasteiger charge is -2.12. The average molecular weight is 456 g/mol. The molecule has 0 bridgehead atoms. The van der Waals surface area contributed by atoms with Gasteiger partial charge in [-0.05, 0) is 24.3 Å². The van der Waals surface area contributed by atoms with Crippen LogP contribution < -0.4 is 20.1 Å². The van der Waals surface area contributed by atoms with E-state index in [-0.39, 0.29) is 24.0 Å². The van der Waals surface area contributed by atoms with Crippen LogP contribution in [0.2, 0.25) is 0 Å². The Morgan fingerprint density at radius 1 is 1.08 bits per heavy atom. The molecule has 0 aliphatic rings. The highest BCUT2D eigenvalue weighted by molar-refractivity contribution is 14.0. The van der Waals surface area contributed by atoms with E-state index < -0.39 is 0 Å². The standard InChI is InChI=1S/C18H24N4O2.HI/c1-19-18(21-11-9-15-6-3-4-10-20-15)22-12-13-24-17-8-5-7-16(14-17)23-2;/h3-8,10,14H,9,11-13H2,1-2H3,(H2,19,21,22);1H. The minimum atomic E-state index is 0. The van der Waals surface area contributed by atoms with Crippen LogP contribution in [-0.4, -0.2) is 44.8 Å². The first kappa shape index (κ1) is 21.0. The number of nitrogens with one attached hydrogen (secondary N) is 2. The maximum atomic E-state index is 5.68. The summed E-state index contributed by atoms with van der Waals surface area (Å²) in [5, 5.41) is 6.47. The zero-order valence-electron chi connectivity index (χ0n) is 14.6. The summed E-state index contributed by atoms with van der Waals surface area (Å²) in [6.07, 6.45) is 2.65. The maximum Gasteiger partial charge on any atom is 0.191 e. The molecule has 1 aromatic carbocycles. The first-order valence-electron chi connectivity index (χ1n) is 7.93. The second-order valence-corrected chi connectivity index (χ2v) is 5.02. The lowest BCUT2D eigenvalue weighted by atomic mass is 10.3. The zero-order chi connectivity index (χ0) is 17.0. The molecule has 0 saturated heterocycles. The fourth-order valence-corrected chi connectivity index (χ4v) is 2.10. The van der Waals surface area contributed by atoms with Crippen LogP contribution in [0.1, 0.15) is 5.69 Å². The fourth-order valence-electron chi connectivity index (χ4n) is 2.10. The molecule has 0 aliphatic carbocycles. The Kier molecular flexibility index (Phi) is 10.4. The van der Waals surface area contributed by atoms with Gasteiger partial charge in [0.25, 0.3) is 0 Å². The van der Waals surface area contributed by atoms with Crippen molar-refractivity contribution in [3.63, 3.8) is 0 Å². The van der Waals surface area contributed by atoms with Crippen molar-refractivity contribution >= 4 is 29.9 Å². The quantitative estimate of drug-likeness (QED) is 0.277. The summed E-state index contributed by atoms with van der Waals surface area (Å²) in [5.74, 6) is 2.32. The molecule has 0 saturated carbocycles. The van der Waals surface area contributed by atoms with Crippen molar-refractivity contribution in [1.29, 1.82) is 0 Å². The van der Waals surface area contributed by atoms with Crippen LogP contribution in [0, 0.1) is 0 Å². The number of aromatic nitrogens is 1. The molecule has 25 heavy (non-hydrogen) atoms. The van der Waals surface area contributed by atoms with Gasteiger partial charge in [0.1, 0.15) is 18.1 Å². The third kappa shape index (κ3) is 8.06. The lowest BCUT2D eigenvalue weighted by molar-refractivity contribution is 0.319. The smallest absolute Gasteiger partial charge is 0.191 e. The minimum Gasteiger partial charge on any atom is -0.497 e. The van der Waals surface area contributed by atoms with Crippen molar-refractivity contribution in [1.82, 2.24) is 15.6 Å². The van der Waals surface area contributed by atoms with Gasteiger partial charge in [0.2, 0.25) is 0 Å². The summed E-state index contributed by atoms with van der Waals surface area (Å²) in [4.78, 5) is 8.48. The molecule has 0 radical (unpaired) electrons. The van der Waals surface area contributed by atoms with Crippen LogP contribution in [0.4, 0.5) is 0 Å². The molecule has 0 aliphatic heterocycles. The number of halogens is 1. The molecule has 0 fully saturated rings. The third-order valence-electron chi connectivity index (χ3n) is 3.33. The Labute approximate surface area is 166 Å². The number of guanidine groups is 1.